The third kappa shape index (κ3) is 1.56. The van der Waals surface area contributed by atoms with Crippen molar-refractivity contribution < 1.29 is 0 Å². The van der Waals surface area contributed by atoms with E-state index >= 15 is 0 Å². The van der Waals surface area contributed by atoms with Gasteiger partial charge < -0.3 is 5.32 Å². The van der Waals surface area contributed by atoms with Gasteiger partial charge >= 0.3 is 0 Å². The molecular formula is C10H8N6. The predicted molar refractivity (Wildman–Crippen MR) is 59.2 cm³/mol. The van der Waals surface area contributed by atoms with Crippen LogP contribution < -0.4 is 5.32 Å². The van der Waals surface area contributed by atoms with E-state index in [0.717, 1.165) is 16.7 Å². The van der Waals surface area contributed by atoms with Crippen LogP contribution in [0.25, 0.3) is 11.0 Å². The van der Waals surface area contributed by atoms with Gasteiger partial charge in [0.1, 0.15) is 0 Å². The SMILES string of the molecule is c1cnc(Nc2cnc3[nH]ncc3c2)nc1. The summed E-state index contributed by atoms with van der Waals surface area (Å²) in [5.41, 5.74) is 1.60. The highest BCUT2D eigenvalue weighted by Gasteiger charge is 2.00. The van der Waals surface area contributed by atoms with Crippen molar-refractivity contribution in [1.29, 1.82) is 0 Å². The molecule has 0 radical (unpaired) electrons. The molecule has 0 aliphatic carbocycles. The van der Waals surface area contributed by atoms with Crippen molar-refractivity contribution >= 4 is 22.7 Å². The molecule has 0 fully saturated rings. The van der Waals surface area contributed by atoms with Gasteiger partial charge in [-0.25, -0.2) is 15.0 Å². The molecule has 3 rings (SSSR count). The predicted octanol–water partition coefficient (Wildman–Crippen LogP) is 1.49. The minimum absolute atomic E-state index is 0.548. The van der Waals surface area contributed by atoms with E-state index in [4.69, 9.17) is 0 Å². The molecule has 6 nitrogen and oxygen atoms in total. The molecule has 16 heavy (non-hydrogen) atoms. The Morgan fingerprint density at radius 2 is 1.94 bits per heavy atom. The highest BCUT2D eigenvalue weighted by molar-refractivity contribution is 5.78. The lowest BCUT2D eigenvalue weighted by atomic mass is 10.3. The number of hydrogen-bond acceptors (Lipinski definition) is 5. The van der Waals surface area contributed by atoms with Crippen LogP contribution in [0.15, 0.2) is 36.9 Å². The molecule has 0 spiro atoms. The lowest BCUT2D eigenvalue weighted by Gasteiger charge is -2.02. The maximum atomic E-state index is 4.20. The summed E-state index contributed by atoms with van der Waals surface area (Å²) in [5.74, 6) is 0.548. The summed E-state index contributed by atoms with van der Waals surface area (Å²) in [5, 5.41) is 10.7. The quantitative estimate of drug-likeness (QED) is 0.672. The molecule has 0 saturated carbocycles. The number of aromatic nitrogens is 5. The Labute approximate surface area is 90.8 Å². The highest BCUT2D eigenvalue weighted by Crippen LogP contribution is 2.16. The number of fused-ring (bicyclic) bond motifs is 1. The zero-order valence-electron chi connectivity index (χ0n) is 8.25. The van der Waals surface area contributed by atoms with Crippen molar-refractivity contribution in [2.24, 2.45) is 0 Å². The average molecular weight is 212 g/mol. The first-order valence-corrected chi connectivity index (χ1v) is 4.75. The number of nitrogens with one attached hydrogen (secondary N) is 2. The van der Waals surface area contributed by atoms with Gasteiger partial charge in [-0.3, -0.25) is 5.10 Å². The molecule has 3 aromatic rings. The molecule has 0 amide bonds. The van der Waals surface area contributed by atoms with Crippen LogP contribution in [0, 0.1) is 0 Å². The Morgan fingerprint density at radius 3 is 2.81 bits per heavy atom. The maximum Gasteiger partial charge on any atom is 0.227 e. The smallest absolute Gasteiger partial charge is 0.227 e. The van der Waals surface area contributed by atoms with E-state index in [1.165, 1.54) is 0 Å². The van der Waals surface area contributed by atoms with E-state index < -0.39 is 0 Å². The summed E-state index contributed by atoms with van der Waals surface area (Å²) < 4.78 is 0. The fraction of sp³-hybridized carbons (Fsp3) is 0. The van der Waals surface area contributed by atoms with Gasteiger partial charge in [-0.05, 0) is 12.1 Å². The second-order valence-corrected chi connectivity index (χ2v) is 3.23. The van der Waals surface area contributed by atoms with Gasteiger partial charge in [0.05, 0.1) is 18.1 Å². The molecule has 0 aromatic carbocycles. The summed E-state index contributed by atoms with van der Waals surface area (Å²) in [4.78, 5) is 12.3. The van der Waals surface area contributed by atoms with Gasteiger partial charge in [0.2, 0.25) is 5.95 Å². The fourth-order valence-corrected chi connectivity index (χ4v) is 1.40. The number of hydrogen-bond donors (Lipinski definition) is 2. The van der Waals surface area contributed by atoms with Crippen LogP contribution in [-0.2, 0) is 0 Å². The Hall–Kier alpha value is -2.50. The van der Waals surface area contributed by atoms with Crippen molar-refractivity contribution in [1.82, 2.24) is 25.1 Å². The number of anilines is 2. The van der Waals surface area contributed by atoms with Crippen molar-refractivity contribution in [2.45, 2.75) is 0 Å². The summed E-state index contributed by atoms with van der Waals surface area (Å²) in [6.45, 7) is 0. The summed E-state index contributed by atoms with van der Waals surface area (Å²) >= 11 is 0. The van der Waals surface area contributed by atoms with Gasteiger partial charge in [0.25, 0.3) is 0 Å². The molecule has 0 aliphatic rings. The van der Waals surface area contributed by atoms with Crippen LogP contribution in [0.5, 0.6) is 0 Å². The molecular weight excluding hydrogens is 204 g/mol. The minimum atomic E-state index is 0.548. The molecule has 6 heteroatoms. The topological polar surface area (TPSA) is 79.4 Å². The second-order valence-electron chi connectivity index (χ2n) is 3.23. The average Bonchev–Trinajstić information content (AvgIpc) is 2.77. The molecule has 0 saturated heterocycles. The standard InChI is InChI=1S/C10H8N6/c1-2-11-10(12-3-1)15-8-4-7-5-14-16-9(7)13-6-8/h1-6H,(H,11,12,15)(H,13,14,16). The maximum absolute atomic E-state index is 4.20. The fourth-order valence-electron chi connectivity index (χ4n) is 1.40. The molecule has 78 valence electrons. The van der Waals surface area contributed by atoms with Crippen LogP contribution >= 0.6 is 0 Å². The van der Waals surface area contributed by atoms with Gasteiger partial charge in [0, 0.05) is 17.8 Å². The number of nitrogens with zero attached hydrogens (tertiary/aromatic N) is 4. The van der Waals surface area contributed by atoms with Crippen LogP contribution in [-0.4, -0.2) is 25.1 Å². The Balaban J connectivity index is 1.94. The first-order valence-electron chi connectivity index (χ1n) is 4.75. The first kappa shape index (κ1) is 8.78. The first-order chi connectivity index (χ1) is 7.92. The van der Waals surface area contributed by atoms with Crippen LogP contribution in [0.1, 0.15) is 0 Å². The van der Waals surface area contributed by atoms with Gasteiger partial charge in [-0.15, -0.1) is 0 Å². The Morgan fingerprint density at radius 1 is 1.06 bits per heavy atom. The van der Waals surface area contributed by atoms with E-state index in [-0.39, 0.29) is 0 Å². The van der Waals surface area contributed by atoms with Crippen molar-refractivity contribution in [3.63, 3.8) is 0 Å². The van der Waals surface area contributed by atoms with E-state index in [1.54, 1.807) is 30.9 Å². The third-order valence-corrected chi connectivity index (χ3v) is 2.11. The van der Waals surface area contributed by atoms with Crippen molar-refractivity contribution in [3.05, 3.63) is 36.9 Å². The number of rotatable bonds is 2. The van der Waals surface area contributed by atoms with Gasteiger partial charge in [0.15, 0.2) is 5.65 Å². The summed E-state index contributed by atoms with van der Waals surface area (Å²) in [6.07, 6.45) is 6.79. The van der Waals surface area contributed by atoms with E-state index in [0.29, 0.717) is 5.95 Å². The molecule has 0 aliphatic heterocycles. The zero-order valence-corrected chi connectivity index (χ0v) is 8.25. The van der Waals surface area contributed by atoms with Crippen LogP contribution in [0.3, 0.4) is 0 Å². The van der Waals surface area contributed by atoms with Gasteiger partial charge in [-0.2, -0.15) is 5.10 Å². The number of aromatic amines is 1. The molecule has 3 heterocycles. The summed E-state index contributed by atoms with van der Waals surface area (Å²) in [7, 11) is 0. The molecule has 0 unspecified atom stereocenters. The number of pyridine rings is 1. The van der Waals surface area contributed by atoms with Crippen LogP contribution in [0.4, 0.5) is 11.6 Å². The molecule has 2 N–H and O–H groups in total. The van der Waals surface area contributed by atoms with Crippen LogP contribution in [0.2, 0.25) is 0 Å². The largest absolute Gasteiger partial charge is 0.323 e. The highest BCUT2D eigenvalue weighted by atomic mass is 15.1. The Kier molecular flexibility index (Phi) is 1.96. The Bertz CT molecular complexity index is 603. The van der Waals surface area contributed by atoms with Gasteiger partial charge in [-0.1, -0.05) is 0 Å². The zero-order chi connectivity index (χ0) is 10.8. The second kappa shape index (κ2) is 3.58. The number of H-pyrrole nitrogens is 1. The normalized spacial score (nSPS) is 10.5. The third-order valence-electron chi connectivity index (χ3n) is 2.11. The molecule has 0 atom stereocenters. The lowest BCUT2D eigenvalue weighted by molar-refractivity contribution is 1.10. The monoisotopic (exact) mass is 212 g/mol. The van der Waals surface area contributed by atoms with E-state index in [9.17, 15) is 0 Å². The lowest BCUT2D eigenvalue weighted by Crippen LogP contribution is -1.95. The molecule has 3 aromatic heterocycles. The van der Waals surface area contributed by atoms with Crippen molar-refractivity contribution in [2.75, 3.05) is 5.32 Å². The van der Waals surface area contributed by atoms with E-state index in [2.05, 4.69) is 30.5 Å². The van der Waals surface area contributed by atoms with Crippen molar-refractivity contribution in [3.8, 4) is 0 Å². The molecule has 0 bridgehead atoms. The summed E-state index contributed by atoms with van der Waals surface area (Å²) in [6, 6.07) is 3.70. The van der Waals surface area contributed by atoms with E-state index in [1.807, 2.05) is 6.07 Å². The minimum Gasteiger partial charge on any atom is -0.323 e.